The molecule has 8 heteroatoms. The number of methoxy groups -OCH3 is 1. The number of rotatable bonds is 6. The third-order valence-electron chi connectivity index (χ3n) is 4.32. The van der Waals surface area contributed by atoms with Crippen molar-refractivity contribution in [2.75, 3.05) is 30.5 Å². The number of hydrogen-bond donors (Lipinski definition) is 1. The largest absolute Gasteiger partial charge is 0.497 e. The van der Waals surface area contributed by atoms with Crippen LogP contribution in [0.15, 0.2) is 48.5 Å². The first-order chi connectivity index (χ1) is 13.5. The highest BCUT2D eigenvalue weighted by Crippen LogP contribution is 2.31. The zero-order valence-corrected chi connectivity index (χ0v) is 15.9. The maximum atomic E-state index is 12.3. The highest BCUT2D eigenvalue weighted by atomic mass is 35.5. The van der Waals surface area contributed by atoms with Crippen molar-refractivity contribution in [3.8, 4) is 5.75 Å². The van der Waals surface area contributed by atoms with Gasteiger partial charge in [0.05, 0.1) is 23.7 Å². The van der Waals surface area contributed by atoms with Crippen LogP contribution in [0.3, 0.4) is 0 Å². The molecule has 7 nitrogen and oxygen atoms in total. The standard InChI is InChI=1S/C20H19ClN2O5/c1-27-15-8-6-14(7-9-15)22-18(24)12-28-20(26)13-10-19(25)23(11-13)17-5-3-2-4-16(17)21/h2-9,13H,10-12H2,1H3,(H,22,24)/t13-/m0/s1. The molecule has 0 unspecified atom stereocenters. The number of nitrogens with zero attached hydrogens (tertiary/aromatic N) is 1. The third-order valence-corrected chi connectivity index (χ3v) is 4.64. The Morgan fingerprint density at radius 1 is 1.18 bits per heavy atom. The second kappa shape index (κ2) is 8.75. The molecule has 2 aromatic carbocycles. The number of esters is 1. The minimum absolute atomic E-state index is 0.0180. The molecule has 1 aliphatic heterocycles. The van der Waals surface area contributed by atoms with Crippen LogP contribution in [0.25, 0.3) is 0 Å². The van der Waals surface area contributed by atoms with Gasteiger partial charge in [0.25, 0.3) is 5.91 Å². The maximum absolute atomic E-state index is 12.3. The number of carbonyl (C=O) groups excluding carboxylic acids is 3. The number of nitrogens with one attached hydrogen (secondary N) is 1. The first kappa shape index (κ1) is 19.7. The van der Waals surface area contributed by atoms with Crippen molar-refractivity contribution in [1.82, 2.24) is 0 Å². The molecule has 2 amide bonds. The lowest BCUT2D eigenvalue weighted by Gasteiger charge is -2.17. The van der Waals surface area contributed by atoms with Crippen molar-refractivity contribution in [3.05, 3.63) is 53.6 Å². The SMILES string of the molecule is COc1ccc(NC(=O)COC(=O)[C@H]2CC(=O)N(c3ccccc3Cl)C2)cc1. The summed E-state index contributed by atoms with van der Waals surface area (Å²) in [5, 5.41) is 3.06. The van der Waals surface area contributed by atoms with Gasteiger partial charge in [0.1, 0.15) is 5.75 Å². The summed E-state index contributed by atoms with van der Waals surface area (Å²) in [7, 11) is 1.55. The molecule has 1 fully saturated rings. The predicted molar refractivity (Wildman–Crippen MR) is 104 cm³/mol. The highest BCUT2D eigenvalue weighted by Gasteiger charge is 2.37. The van der Waals surface area contributed by atoms with E-state index in [0.29, 0.717) is 22.1 Å². The minimum atomic E-state index is -0.641. The molecule has 1 N–H and O–H groups in total. The summed E-state index contributed by atoms with van der Waals surface area (Å²) in [5.74, 6) is -1.24. The van der Waals surface area contributed by atoms with Crippen LogP contribution in [0.2, 0.25) is 5.02 Å². The number of anilines is 2. The molecule has 0 spiro atoms. The molecule has 1 atom stereocenters. The lowest BCUT2D eigenvalue weighted by Crippen LogP contribution is -2.28. The molecule has 1 heterocycles. The maximum Gasteiger partial charge on any atom is 0.311 e. The lowest BCUT2D eigenvalue weighted by molar-refractivity contribution is -0.151. The Kier molecular flexibility index (Phi) is 6.16. The van der Waals surface area contributed by atoms with Crippen LogP contribution in [0, 0.1) is 5.92 Å². The molecule has 28 heavy (non-hydrogen) atoms. The summed E-state index contributed by atoms with van der Waals surface area (Å²) >= 11 is 6.12. The molecule has 1 saturated heterocycles. The zero-order chi connectivity index (χ0) is 20.1. The number of carbonyl (C=O) groups is 3. The predicted octanol–water partition coefficient (Wildman–Crippen LogP) is 2.88. The summed E-state index contributed by atoms with van der Waals surface area (Å²) in [4.78, 5) is 37.9. The van der Waals surface area contributed by atoms with Crippen LogP contribution in [-0.4, -0.2) is 38.0 Å². The molecule has 0 radical (unpaired) electrons. The highest BCUT2D eigenvalue weighted by molar-refractivity contribution is 6.33. The van der Waals surface area contributed by atoms with Crippen molar-refractivity contribution >= 4 is 40.8 Å². The molecule has 3 rings (SSSR count). The fourth-order valence-corrected chi connectivity index (χ4v) is 3.13. The van der Waals surface area contributed by atoms with E-state index < -0.39 is 24.4 Å². The van der Waals surface area contributed by atoms with Gasteiger partial charge >= 0.3 is 5.97 Å². The molecule has 0 aromatic heterocycles. The second-order valence-electron chi connectivity index (χ2n) is 6.24. The normalized spacial score (nSPS) is 16.0. The summed E-state index contributed by atoms with van der Waals surface area (Å²) in [6, 6.07) is 13.7. The van der Waals surface area contributed by atoms with Crippen molar-refractivity contribution in [1.29, 1.82) is 0 Å². The van der Waals surface area contributed by atoms with Gasteiger partial charge in [-0.1, -0.05) is 23.7 Å². The molecular formula is C20H19ClN2O5. The van der Waals surface area contributed by atoms with E-state index in [1.165, 1.54) is 4.90 Å². The third kappa shape index (κ3) is 4.61. The molecule has 0 aliphatic carbocycles. The van der Waals surface area contributed by atoms with E-state index in [2.05, 4.69) is 5.32 Å². The summed E-state index contributed by atoms with van der Waals surface area (Å²) in [6.07, 6.45) is 0.0180. The van der Waals surface area contributed by atoms with Crippen LogP contribution >= 0.6 is 11.6 Å². The first-order valence-corrected chi connectivity index (χ1v) is 9.01. The lowest BCUT2D eigenvalue weighted by atomic mass is 10.1. The number of ether oxygens (including phenoxy) is 2. The Labute approximate surface area is 167 Å². The number of para-hydroxylation sites is 1. The van der Waals surface area contributed by atoms with Gasteiger partial charge in [-0.3, -0.25) is 14.4 Å². The van der Waals surface area contributed by atoms with E-state index >= 15 is 0 Å². The van der Waals surface area contributed by atoms with Crippen LogP contribution in [0.4, 0.5) is 11.4 Å². The number of halogens is 1. The summed E-state index contributed by atoms with van der Waals surface area (Å²) in [5.41, 5.74) is 1.12. The molecule has 2 aromatic rings. The zero-order valence-electron chi connectivity index (χ0n) is 15.2. The van der Waals surface area contributed by atoms with Gasteiger partial charge in [-0.15, -0.1) is 0 Å². The molecule has 1 aliphatic rings. The van der Waals surface area contributed by atoms with E-state index in [1.54, 1.807) is 55.6 Å². The van der Waals surface area contributed by atoms with Gasteiger partial charge in [0, 0.05) is 18.7 Å². The van der Waals surface area contributed by atoms with Crippen molar-refractivity contribution < 1.29 is 23.9 Å². The van der Waals surface area contributed by atoms with Crippen LogP contribution in [0.5, 0.6) is 5.75 Å². The first-order valence-electron chi connectivity index (χ1n) is 8.63. The van der Waals surface area contributed by atoms with E-state index in [0.717, 1.165) is 0 Å². The summed E-state index contributed by atoms with van der Waals surface area (Å²) in [6.45, 7) is -0.261. The van der Waals surface area contributed by atoms with E-state index in [4.69, 9.17) is 21.1 Å². The van der Waals surface area contributed by atoms with Gasteiger partial charge in [0.15, 0.2) is 6.61 Å². The minimum Gasteiger partial charge on any atom is -0.497 e. The van der Waals surface area contributed by atoms with Gasteiger partial charge in [-0.05, 0) is 36.4 Å². The van der Waals surface area contributed by atoms with E-state index in [9.17, 15) is 14.4 Å². The van der Waals surface area contributed by atoms with Crippen LogP contribution in [0.1, 0.15) is 6.42 Å². The van der Waals surface area contributed by atoms with Gasteiger partial charge in [0.2, 0.25) is 5.91 Å². The second-order valence-corrected chi connectivity index (χ2v) is 6.65. The molecular weight excluding hydrogens is 384 g/mol. The monoisotopic (exact) mass is 402 g/mol. The molecule has 0 saturated carbocycles. The fourth-order valence-electron chi connectivity index (χ4n) is 2.89. The topological polar surface area (TPSA) is 84.9 Å². The summed E-state index contributed by atoms with van der Waals surface area (Å²) < 4.78 is 10.1. The average Bonchev–Trinajstić information content (AvgIpc) is 3.08. The quantitative estimate of drug-likeness (QED) is 0.751. The average molecular weight is 403 g/mol. The number of amides is 2. The Morgan fingerprint density at radius 3 is 2.57 bits per heavy atom. The Morgan fingerprint density at radius 2 is 1.89 bits per heavy atom. The Bertz CT molecular complexity index is 884. The Balaban J connectivity index is 1.51. The van der Waals surface area contributed by atoms with Gasteiger partial charge in [-0.2, -0.15) is 0 Å². The Hall–Kier alpha value is -3.06. The van der Waals surface area contributed by atoms with Gasteiger partial charge in [-0.25, -0.2) is 0 Å². The van der Waals surface area contributed by atoms with Crippen LogP contribution < -0.4 is 15.0 Å². The number of benzene rings is 2. The smallest absolute Gasteiger partial charge is 0.311 e. The fraction of sp³-hybridized carbons (Fsp3) is 0.250. The van der Waals surface area contributed by atoms with E-state index in [-0.39, 0.29) is 18.9 Å². The van der Waals surface area contributed by atoms with Crippen LogP contribution in [-0.2, 0) is 19.1 Å². The molecule has 0 bridgehead atoms. The van der Waals surface area contributed by atoms with Gasteiger partial charge < -0.3 is 19.7 Å². The number of hydrogen-bond acceptors (Lipinski definition) is 5. The van der Waals surface area contributed by atoms with Crippen molar-refractivity contribution in [2.45, 2.75) is 6.42 Å². The van der Waals surface area contributed by atoms with E-state index in [1.807, 2.05) is 0 Å². The van der Waals surface area contributed by atoms with Crippen molar-refractivity contribution in [3.63, 3.8) is 0 Å². The molecule has 146 valence electrons. The van der Waals surface area contributed by atoms with Crippen molar-refractivity contribution in [2.24, 2.45) is 5.92 Å².